The predicted octanol–water partition coefficient (Wildman–Crippen LogP) is 4.61. The largest absolute Gasteiger partial charge is 0.307 e. The molecule has 1 N–H and O–H groups in total. The summed E-state index contributed by atoms with van der Waals surface area (Å²) in [6.07, 6.45) is 5.44. The molecule has 1 fully saturated rings. The Morgan fingerprint density at radius 3 is 2.61 bits per heavy atom. The summed E-state index contributed by atoms with van der Waals surface area (Å²) in [6.45, 7) is 9.33. The van der Waals surface area contributed by atoms with Gasteiger partial charge < -0.3 is 5.32 Å². The Kier molecular flexibility index (Phi) is 4.11. The molecule has 1 aliphatic carbocycles. The van der Waals surface area contributed by atoms with Crippen LogP contribution in [0.3, 0.4) is 0 Å². The van der Waals surface area contributed by atoms with Gasteiger partial charge >= 0.3 is 0 Å². The van der Waals surface area contributed by atoms with E-state index in [0.717, 1.165) is 0 Å². The van der Waals surface area contributed by atoms with E-state index >= 15 is 0 Å². The Balaban J connectivity index is 2.07. The molecule has 0 aromatic heterocycles. The maximum absolute atomic E-state index is 3.87. The average Bonchev–Trinajstić information content (AvgIpc) is 2.32. The monoisotopic (exact) mass is 245 g/mol. The van der Waals surface area contributed by atoms with E-state index in [1.165, 1.54) is 36.8 Å². The molecule has 0 aliphatic heterocycles. The molecule has 0 amide bonds. The highest BCUT2D eigenvalue weighted by atomic mass is 15.0. The van der Waals surface area contributed by atoms with Crippen molar-refractivity contribution in [2.24, 2.45) is 5.41 Å². The van der Waals surface area contributed by atoms with Crippen molar-refractivity contribution in [2.45, 2.75) is 65.5 Å². The van der Waals surface area contributed by atoms with Crippen LogP contribution in [0, 0.1) is 12.3 Å². The van der Waals surface area contributed by atoms with E-state index in [9.17, 15) is 0 Å². The van der Waals surface area contributed by atoms with Crippen molar-refractivity contribution in [3.05, 3.63) is 35.4 Å². The fourth-order valence-corrected chi connectivity index (χ4v) is 3.27. The van der Waals surface area contributed by atoms with Gasteiger partial charge in [0, 0.05) is 12.1 Å². The van der Waals surface area contributed by atoms with Crippen molar-refractivity contribution in [3.63, 3.8) is 0 Å². The first-order valence-electron chi connectivity index (χ1n) is 7.32. The van der Waals surface area contributed by atoms with Crippen LogP contribution in [0.2, 0.25) is 0 Å². The molecule has 2 atom stereocenters. The van der Waals surface area contributed by atoms with Crippen LogP contribution in [0.15, 0.2) is 24.3 Å². The summed E-state index contributed by atoms with van der Waals surface area (Å²) >= 11 is 0. The Bertz CT molecular complexity index is 394. The lowest BCUT2D eigenvalue weighted by molar-refractivity contribution is 0.157. The number of nitrogens with one attached hydrogen (secondary N) is 1. The Hall–Kier alpha value is -0.820. The summed E-state index contributed by atoms with van der Waals surface area (Å²) in [7, 11) is 0. The number of hydrogen-bond acceptors (Lipinski definition) is 1. The van der Waals surface area contributed by atoms with Gasteiger partial charge in [-0.25, -0.2) is 0 Å². The van der Waals surface area contributed by atoms with Crippen molar-refractivity contribution < 1.29 is 0 Å². The van der Waals surface area contributed by atoms with Gasteiger partial charge in [0.05, 0.1) is 0 Å². The highest BCUT2D eigenvalue weighted by molar-refractivity contribution is 5.28. The third-order valence-corrected chi connectivity index (χ3v) is 4.61. The zero-order valence-electron chi connectivity index (χ0n) is 12.3. The van der Waals surface area contributed by atoms with Gasteiger partial charge in [0.25, 0.3) is 0 Å². The van der Waals surface area contributed by atoms with E-state index in [-0.39, 0.29) is 0 Å². The molecular weight excluding hydrogens is 218 g/mol. The summed E-state index contributed by atoms with van der Waals surface area (Å²) in [6, 6.07) is 9.83. The molecule has 2 rings (SSSR count). The Labute approximate surface area is 112 Å². The van der Waals surface area contributed by atoms with Crippen LogP contribution in [0.5, 0.6) is 0 Å². The number of hydrogen-bond donors (Lipinski definition) is 1. The van der Waals surface area contributed by atoms with Crippen molar-refractivity contribution in [3.8, 4) is 0 Å². The lowest BCUT2D eigenvalue weighted by Crippen LogP contribution is -2.45. The van der Waals surface area contributed by atoms with Gasteiger partial charge in [-0.05, 0) is 43.2 Å². The molecule has 1 nitrogen and oxygen atoms in total. The molecule has 1 aliphatic rings. The molecule has 0 saturated heterocycles. The molecule has 100 valence electrons. The zero-order chi connectivity index (χ0) is 13.2. The van der Waals surface area contributed by atoms with Crippen molar-refractivity contribution in [1.82, 2.24) is 5.32 Å². The fourth-order valence-electron chi connectivity index (χ4n) is 3.27. The highest BCUT2D eigenvalue weighted by Crippen LogP contribution is 2.36. The number of aryl methyl sites for hydroxylation is 1. The normalized spacial score (nSPS) is 24.8. The smallest absolute Gasteiger partial charge is 0.0297 e. The minimum atomic E-state index is 0.440. The number of benzene rings is 1. The summed E-state index contributed by atoms with van der Waals surface area (Å²) in [5, 5.41) is 3.87. The minimum absolute atomic E-state index is 0.440. The first-order chi connectivity index (χ1) is 8.50. The topological polar surface area (TPSA) is 12.0 Å². The van der Waals surface area contributed by atoms with Crippen LogP contribution in [0.25, 0.3) is 0 Å². The average molecular weight is 245 g/mol. The maximum atomic E-state index is 3.87. The second kappa shape index (κ2) is 5.44. The summed E-state index contributed by atoms with van der Waals surface area (Å²) < 4.78 is 0. The fraction of sp³-hybridized carbons (Fsp3) is 0.647. The molecule has 0 heterocycles. The predicted molar refractivity (Wildman–Crippen MR) is 78.8 cm³/mol. The van der Waals surface area contributed by atoms with Crippen LogP contribution in [-0.2, 0) is 0 Å². The van der Waals surface area contributed by atoms with E-state index in [1.807, 2.05) is 0 Å². The molecular formula is C17H27N. The van der Waals surface area contributed by atoms with Gasteiger partial charge in [-0.2, -0.15) is 0 Å². The third kappa shape index (κ3) is 2.95. The van der Waals surface area contributed by atoms with Crippen molar-refractivity contribution in [1.29, 1.82) is 0 Å². The quantitative estimate of drug-likeness (QED) is 0.819. The summed E-state index contributed by atoms with van der Waals surface area (Å²) in [5.74, 6) is 0. The number of rotatable bonds is 3. The lowest BCUT2D eigenvalue weighted by atomic mass is 9.73. The molecule has 0 spiro atoms. The minimum Gasteiger partial charge on any atom is -0.307 e. The van der Waals surface area contributed by atoms with Gasteiger partial charge in [-0.15, -0.1) is 0 Å². The second-order valence-electron chi connectivity index (χ2n) is 6.53. The molecule has 0 radical (unpaired) electrons. The lowest BCUT2D eigenvalue weighted by Gasteiger charge is -2.41. The molecule has 1 saturated carbocycles. The van der Waals surface area contributed by atoms with E-state index in [1.54, 1.807) is 0 Å². The van der Waals surface area contributed by atoms with Crippen molar-refractivity contribution in [2.75, 3.05) is 0 Å². The second-order valence-corrected chi connectivity index (χ2v) is 6.53. The Morgan fingerprint density at radius 2 is 1.94 bits per heavy atom. The first-order valence-corrected chi connectivity index (χ1v) is 7.32. The van der Waals surface area contributed by atoms with Crippen LogP contribution in [-0.4, -0.2) is 6.04 Å². The van der Waals surface area contributed by atoms with E-state index in [4.69, 9.17) is 0 Å². The van der Waals surface area contributed by atoms with E-state index in [0.29, 0.717) is 17.5 Å². The van der Waals surface area contributed by atoms with Gasteiger partial charge in [-0.1, -0.05) is 51.0 Å². The maximum Gasteiger partial charge on any atom is 0.0297 e. The standard InChI is InChI=1S/C17H27N/c1-13-9-5-6-10-15(13)14(2)18-16-11-7-8-12-17(16,3)4/h5-6,9-10,14,16,18H,7-8,11-12H2,1-4H3/t14-,16?/m0/s1. The molecule has 1 heteroatoms. The zero-order valence-corrected chi connectivity index (χ0v) is 12.3. The highest BCUT2D eigenvalue weighted by Gasteiger charge is 2.32. The van der Waals surface area contributed by atoms with E-state index in [2.05, 4.69) is 57.3 Å². The molecule has 1 aromatic carbocycles. The van der Waals surface area contributed by atoms with Crippen LogP contribution < -0.4 is 5.32 Å². The van der Waals surface area contributed by atoms with Crippen molar-refractivity contribution >= 4 is 0 Å². The summed E-state index contributed by atoms with van der Waals surface area (Å²) in [5.41, 5.74) is 3.28. The molecule has 0 bridgehead atoms. The van der Waals surface area contributed by atoms with Crippen LogP contribution in [0.1, 0.15) is 63.6 Å². The molecule has 18 heavy (non-hydrogen) atoms. The van der Waals surface area contributed by atoms with Gasteiger partial charge in [0.1, 0.15) is 0 Å². The van der Waals surface area contributed by atoms with Crippen LogP contribution >= 0.6 is 0 Å². The van der Waals surface area contributed by atoms with E-state index < -0.39 is 0 Å². The summed E-state index contributed by atoms with van der Waals surface area (Å²) in [4.78, 5) is 0. The first kappa shape index (κ1) is 13.6. The Morgan fingerprint density at radius 1 is 1.22 bits per heavy atom. The van der Waals surface area contributed by atoms with Gasteiger partial charge in [0.15, 0.2) is 0 Å². The third-order valence-electron chi connectivity index (χ3n) is 4.61. The molecule has 1 unspecified atom stereocenters. The van der Waals surface area contributed by atoms with Gasteiger partial charge in [-0.3, -0.25) is 0 Å². The van der Waals surface area contributed by atoms with Gasteiger partial charge in [0.2, 0.25) is 0 Å². The van der Waals surface area contributed by atoms with Crippen LogP contribution in [0.4, 0.5) is 0 Å². The SMILES string of the molecule is Cc1ccccc1[C@H](C)NC1CCCCC1(C)C. The molecule has 1 aromatic rings.